The number of methoxy groups -OCH3 is 1. The number of hydrogen-bond acceptors (Lipinski definition) is 5. The third-order valence-corrected chi connectivity index (χ3v) is 3.87. The Kier molecular flexibility index (Phi) is 4.57. The van der Waals surface area contributed by atoms with Crippen LogP contribution in [-0.4, -0.2) is 33.2 Å². The molecule has 0 bridgehead atoms. The van der Waals surface area contributed by atoms with E-state index in [9.17, 15) is 4.79 Å². The number of amides is 1. The van der Waals surface area contributed by atoms with Gasteiger partial charge in [0.1, 0.15) is 11.4 Å². The summed E-state index contributed by atoms with van der Waals surface area (Å²) in [7, 11) is 1.57. The van der Waals surface area contributed by atoms with Crippen LogP contribution in [0.25, 0.3) is 5.69 Å². The van der Waals surface area contributed by atoms with Crippen LogP contribution >= 0.6 is 15.9 Å². The maximum atomic E-state index is 12.4. The van der Waals surface area contributed by atoms with Crippen molar-refractivity contribution in [2.45, 2.75) is 6.92 Å². The van der Waals surface area contributed by atoms with Crippen LogP contribution in [0.3, 0.4) is 0 Å². The minimum absolute atomic E-state index is 0.208. The first kappa shape index (κ1) is 16.1. The minimum atomic E-state index is -0.208. The molecule has 1 N–H and O–H groups in total. The second kappa shape index (κ2) is 6.79. The molecule has 0 saturated heterocycles. The highest BCUT2D eigenvalue weighted by Gasteiger charge is 2.13. The standard InChI is InChI=1S/C16H14BrN5O2/c1-10-19-20-21-22(10)14-9-13(6-7-15(14)24-2)18-16(23)11-4-3-5-12(17)8-11/h3-9H,1-2H3,(H,18,23). The van der Waals surface area contributed by atoms with Gasteiger partial charge in [0.05, 0.1) is 7.11 Å². The Bertz CT molecular complexity index is 894. The van der Waals surface area contributed by atoms with Crippen LogP contribution in [0.15, 0.2) is 46.9 Å². The number of rotatable bonds is 4. The van der Waals surface area contributed by atoms with Crippen molar-refractivity contribution in [2.24, 2.45) is 0 Å². The maximum Gasteiger partial charge on any atom is 0.255 e. The quantitative estimate of drug-likeness (QED) is 0.743. The normalized spacial score (nSPS) is 10.5. The first-order valence-electron chi connectivity index (χ1n) is 7.09. The molecule has 1 amide bonds. The number of carbonyl (C=O) groups is 1. The monoisotopic (exact) mass is 387 g/mol. The van der Waals surface area contributed by atoms with Crippen LogP contribution < -0.4 is 10.1 Å². The Morgan fingerprint density at radius 1 is 1.25 bits per heavy atom. The number of nitrogens with one attached hydrogen (secondary N) is 1. The third kappa shape index (κ3) is 3.28. The molecule has 8 heteroatoms. The van der Waals surface area contributed by atoms with Gasteiger partial charge in [-0.05, 0) is 53.7 Å². The van der Waals surface area contributed by atoms with Gasteiger partial charge in [-0.2, -0.15) is 4.68 Å². The van der Waals surface area contributed by atoms with Gasteiger partial charge < -0.3 is 10.1 Å². The lowest BCUT2D eigenvalue weighted by molar-refractivity contribution is 0.102. The smallest absolute Gasteiger partial charge is 0.255 e. The molecular weight excluding hydrogens is 374 g/mol. The second-order valence-electron chi connectivity index (χ2n) is 4.99. The lowest BCUT2D eigenvalue weighted by Crippen LogP contribution is -2.12. The first-order chi connectivity index (χ1) is 11.6. The molecule has 1 aromatic heterocycles. The number of carbonyl (C=O) groups excluding carboxylic acids is 1. The third-order valence-electron chi connectivity index (χ3n) is 3.38. The average Bonchev–Trinajstić information content (AvgIpc) is 3.00. The van der Waals surface area contributed by atoms with E-state index in [1.54, 1.807) is 49.0 Å². The topological polar surface area (TPSA) is 81.9 Å². The van der Waals surface area contributed by atoms with Gasteiger partial charge in [0, 0.05) is 15.7 Å². The van der Waals surface area contributed by atoms with Crippen LogP contribution in [0.5, 0.6) is 5.75 Å². The van der Waals surface area contributed by atoms with E-state index in [-0.39, 0.29) is 5.91 Å². The molecule has 0 atom stereocenters. The van der Waals surface area contributed by atoms with E-state index < -0.39 is 0 Å². The molecule has 0 unspecified atom stereocenters. The molecule has 0 saturated carbocycles. The van der Waals surface area contributed by atoms with E-state index in [2.05, 4.69) is 36.8 Å². The predicted molar refractivity (Wildman–Crippen MR) is 92.5 cm³/mol. The van der Waals surface area contributed by atoms with Gasteiger partial charge in [0.2, 0.25) is 0 Å². The number of ether oxygens (including phenoxy) is 1. The van der Waals surface area contributed by atoms with E-state index in [0.29, 0.717) is 28.5 Å². The summed E-state index contributed by atoms with van der Waals surface area (Å²) in [6.07, 6.45) is 0. The number of tetrazole rings is 1. The SMILES string of the molecule is COc1ccc(NC(=O)c2cccc(Br)c2)cc1-n1nnnc1C. The number of aromatic nitrogens is 4. The Morgan fingerprint density at radius 2 is 2.08 bits per heavy atom. The molecule has 7 nitrogen and oxygen atoms in total. The zero-order valence-electron chi connectivity index (χ0n) is 13.0. The number of nitrogens with zero attached hydrogens (tertiary/aromatic N) is 4. The summed E-state index contributed by atoms with van der Waals surface area (Å²) >= 11 is 3.36. The van der Waals surface area contributed by atoms with E-state index in [4.69, 9.17) is 4.74 Å². The van der Waals surface area contributed by atoms with Crippen molar-refractivity contribution in [3.63, 3.8) is 0 Å². The van der Waals surface area contributed by atoms with E-state index in [1.807, 2.05) is 12.1 Å². The van der Waals surface area contributed by atoms with E-state index in [0.717, 1.165) is 4.47 Å². The van der Waals surface area contributed by atoms with Crippen molar-refractivity contribution in [3.05, 3.63) is 58.3 Å². The number of hydrogen-bond donors (Lipinski definition) is 1. The number of anilines is 1. The van der Waals surface area contributed by atoms with Crippen LogP contribution in [0.4, 0.5) is 5.69 Å². The molecule has 3 rings (SSSR count). The summed E-state index contributed by atoms with van der Waals surface area (Å²) in [6, 6.07) is 12.5. The molecular formula is C16H14BrN5O2. The van der Waals surface area contributed by atoms with Gasteiger partial charge in [-0.25, -0.2) is 0 Å². The number of halogens is 1. The fourth-order valence-electron chi connectivity index (χ4n) is 2.22. The number of aryl methyl sites for hydroxylation is 1. The molecule has 0 aliphatic heterocycles. The van der Waals surface area contributed by atoms with Crippen molar-refractivity contribution < 1.29 is 9.53 Å². The van der Waals surface area contributed by atoms with Crippen LogP contribution in [0, 0.1) is 6.92 Å². The summed E-state index contributed by atoms with van der Waals surface area (Å²) in [5.41, 5.74) is 1.82. The lowest BCUT2D eigenvalue weighted by atomic mass is 10.2. The molecule has 0 aliphatic carbocycles. The van der Waals surface area contributed by atoms with Crippen LogP contribution in [-0.2, 0) is 0 Å². The fourth-order valence-corrected chi connectivity index (χ4v) is 2.62. The van der Waals surface area contributed by atoms with E-state index >= 15 is 0 Å². The van der Waals surface area contributed by atoms with E-state index in [1.165, 1.54) is 0 Å². The average molecular weight is 388 g/mol. The van der Waals surface area contributed by atoms with Crippen molar-refractivity contribution in [3.8, 4) is 11.4 Å². The van der Waals surface area contributed by atoms with Crippen LogP contribution in [0.1, 0.15) is 16.2 Å². The number of benzene rings is 2. The van der Waals surface area contributed by atoms with Gasteiger partial charge >= 0.3 is 0 Å². The predicted octanol–water partition coefficient (Wildman–Crippen LogP) is 2.99. The van der Waals surface area contributed by atoms with Crippen molar-refractivity contribution in [1.29, 1.82) is 0 Å². The second-order valence-corrected chi connectivity index (χ2v) is 5.90. The molecule has 24 heavy (non-hydrogen) atoms. The molecule has 0 spiro atoms. The highest BCUT2D eigenvalue weighted by molar-refractivity contribution is 9.10. The molecule has 0 radical (unpaired) electrons. The molecule has 0 aliphatic rings. The summed E-state index contributed by atoms with van der Waals surface area (Å²) < 4.78 is 7.74. The van der Waals surface area contributed by atoms with Gasteiger partial charge in [-0.3, -0.25) is 4.79 Å². The largest absolute Gasteiger partial charge is 0.494 e. The first-order valence-corrected chi connectivity index (χ1v) is 7.88. The van der Waals surface area contributed by atoms with Gasteiger partial charge in [0.15, 0.2) is 5.82 Å². The van der Waals surface area contributed by atoms with Crippen molar-refractivity contribution in [1.82, 2.24) is 20.2 Å². The summed E-state index contributed by atoms with van der Waals surface area (Å²) in [4.78, 5) is 12.4. The van der Waals surface area contributed by atoms with Gasteiger partial charge in [0.25, 0.3) is 5.91 Å². The lowest BCUT2D eigenvalue weighted by Gasteiger charge is -2.12. The van der Waals surface area contributed by atoms with Gasteiger partial charge in [-0.15, -0.1) is 5.10 Å². The zero-order chi connectivity index (χ0) is 17.1. The maximum absolute atomic E-state index is 12.4. The zero-order valence-corrected chi connectivity index (χ0v) is 14.6. The Morgan fingerprint density at radius 3 is 2.75 bits per heavy atom. The summed E-state index contributed by atoms with van der Waals surface area (Å²) in [5, 5.41) is 14.3. The molecule has 122 valence electrons. The Hall–Kier alpha value is -2.74. The summed E-state index contributed by atoms with van der Waals surface area (Å²) in [6.45, 7) is 1.78. The molecule has 2 aromatic carbocycles. The molecule has 0 fully saturated rings. The molecule has 1 heterocycles. The van der Waals surface area contributed by atoms with Crippen molar-refractivity contribution >= 4 is 27.5 Å². The van der Waals surface area contributed by atoms with Gasteiger partial charge in [-0.1, -0.05) is 22.0 Å². The summed E-state index contributed by atoms with van der Waals surface area (Å²) in [5.74, 6) is 1.01. The minimum Gasteiger partial charge on any atom is -0.494 e. The fraction of sp³-hybridized carbons (Fsp3) is 0.125. The Labute approximate surface area is 146 Å². The van der Waals surface area contributed by atoms with Crippen LogP contribution in [0.2, 0.25) is 0 Å². The van der Waals surface area contributed by atoms with Crippen molar-refractivity contribution in [2.75, 3.05) is 12.4 Å². The Balaban J connectivity index is 1.92. The highest BCUT2D eigenvalue weighted by Crippen LogP contribution is 2.26. The highest BCUT2D eigenvalue weighted by atomic mass is 79.9. The molecule has 3 aromatic rings.